The monoisotopic (exact) mass is 371 g/mol. The largest absolute Gasteiger partial charge is 0.495 e. The van der Waals surface area contributed by atoms with Crippen LogP contribution in [0.3, 0.4) is 0 Å². The molecule has 0 spiro atoms. The number of rotatable bonds is 3. The second-order valence-electron chi connectivity index (χ2n) is 8.31. The van der Waals surface area contributed by atoms with E-state index >= 15 is 0 Å². The highest BCUT2D eigenvalue weighted by molar-refractivity contribution is 6.64. The van der Waals surface area contributed by atoms with Crippen LogP contribution in [0.1, 0.15) is 27.7 Å². The summed E-state index contributed by atoms with van der Waals surface area (Å²) in [5.41, 5.74) is 11.7. The van der Waals surface area contributed by atoms with Gasteiger partial charge in [0.1, 0.15) is 0 Å². The van der Waals surface area contributed by atoms with Crippen LogP contribution in [0.4, 0.5) is 5.69 Å². The summed E-state index contributed by atoms with van der Waals surface area (Å²) in [4.78, 5) is 0. The van der Waals surface area contributed by atoms with Crippen molar-refractivity contribution in [3.05, 3.63) is 72.8 Å². The van der Waals surface area contributed by atoms with Gasteiger partial charge in [0, 0.05) is 11.3 Å². The number of nitrogens with two attached hydrogens (primary N) is 1. The summed E-state index contributed by atoms with van der Waals surface area (Å²) in [6, 6.07) is 24.6. The van der Waals surface area contributed by atoms with Gasteiger partial charge >= 0.3 is 7.12 Å². The average molecular weight is 371 g/mol. The van der Waals surface area contributed by atoms with Gasteiger partial charge in [-0.3, -0.25) is 0 Å². The maximum atomic E-state index is 6.48. The first-order chi connectivity index (χ1) is 13.3. The zero-order chi connectivity index (χ0) is 19.9. The molecule has 0 bridgehead atoms. The van der Waals surface area contributed by atoms with Crippen LogP contribution in [0.5, 0.6) is 0 Å². The molecule has 1 aliphatic heterocycles. The van der Waals surface area contributed by atoms with E-state index in [0.717, 1.165) is 33.4 Å². The van der Waals surface area contributed by atoms with Crippen LogP contribution in [0, 0.1) is 0 Å². The Hall–Kier alpha value is -2.56. The molecule has 3 nitrogen and oxygen atoms in total. The molecular formula is C24H26BNO2. The van der Waals surface area contributed by atoms with Gasteiger partial charge < -0.3 is 15.0 Å². The van der Waals surface area contributed by atoms with Crippen LogP contribution in [0.25, 0.3) is 22.3 Å². The molecule has 4 rings (SSSR count). The molecule has 1 fully saturated rings. The molecule has 0 atom stereocenters. The number of benzene rings is 3. The van der Waals surface area contributed by atoms with E-state index < -0.39 is 18.3 Å². The second kappa shape index (κ2) is 6.80. The Balaban J connectivity index is 1.96. The molecule has 3 aromatic rings. The van der Waals surface area contributed by atoms with Crippen LogP contribution in [-0.2, 0) is 9.31 Å². The highest BCUT2D eigenvalue weighted by Crippen LogP contribution is 2.40. The number of anilines is 1. The molecular weight excluding hydrogens is 345 g/mol. The van der Waals surface area contributed by atoms with Gasteiger partial charge in [-0.2, -0.15) is 0 Å². The molecule has 1 aliphatic rings. The van der Waals surface area contributed by atoms with E-state index in [2.05, 4.69) is 52.0 Å². The molecule has 0 aliphatic carbocycles. The first kappa shape index (κ1) is 18.8. The van der Waals surface area contributed by atoms with Crippen molar-refractivity contribution < 1.29 is 9.31 Å². The van der Waals surface area contributed by atoms with Crippen LogP contribution in [-0.4, -0.2) is 18.3 Å². The lowest BCUT2D eigenvalue weighted by molar-refractivity contribution is 0.00578. The van der Waals surface area contributed by atoms with Gasteiger partial charge in [-0.25, -0.2) is 0 Å². The van der Waals surface area contributed by atoms with Gasteiger partial charge in [0.05, 0.1) is 11.2 Å². The molecule has 1 saturated heterocycles. The molecule has 28 heavy (non-hydrogen) atoms. The Labute approximate surface area is 167 Å². The van der Waals surface area contributed by atoms with Crippen molar-refractivity contribution in [3.63, 3.8) is 0 Å². The Morgan fingerprint density at radius 3 is 1.61 bits per heavy atom. The maximum Gasteiger partial charge on any atom is 0.495 e. The van der Waals surface area contributed by atoms with Gasteiger partial charge in [0.2, 0.25) is 0 Å². The van der Waals surface area contributed by atoms with Crippen LogP contribution in [0.15, 0.2) is 72.8 Å². The summed E-state index contributed by atoms with van der Waals surface area (Å²) in [5.74, 6) is 0. The van der Waals surface area contributed by atoms with Crippen LogP contribution in [0.2, 0.25) is 0 Å². The third-order valence-corrected chi connectivity index (χ3v) is 5.90. The maximum absolute atomic E-state index is 6.48. The van der Waals surface area contributed by atoms with Crippen molar-refractivity contribution in [1.29, 1.82) is 0 Å². The molecule has 142 valence electrons. The van der Waals surface area contributed by atoms with Crippen molar-refractivity contribution in [2.24, 2.45) is 0 Å². The predicted molar refractivity (Wildman–Crippen MR) is 117 cm³/mol. The fraction of sp³-hybridized carbons (Fsp3) is 0.250. The highest BCUT2D eigenvalue weighted by atomic mass is 16.7. The molecule has 0 aromatic heterocycles. The lowest BCUT2D eigenvalue weighted by Gasteiger charge is -2.32. The quantitative estimate of drug-likeness (QED) is 0.526. The molecule has 3 aromatic carbocycles. The Kier molecular flexibility index (Phi) is 4.57. The van der Waals surface area contributed by atoms with E-state index in [9.17, 15) is 0 Å². The normalized spacial score (nSPS) is 17.6. The van der Waals surface area contributed by atoms with Crippen LogP contribution >= 0.6 is 0 Å². The zero-order valence-corrected chi connectivity index (χ0v) is 16.9. The fourth-order valence-electron chi connectivity index (χ4n) is 3.63. The minimum Gasteiger partial charge on any atom is -0.399 e. The minimum absolute atomic E-state index is 0.403. The van der Waals surface area contributed by atoms with Crippen molar-refractivity contribution in [2.45, 2.75) is 38.9 Å². The minimum atomic E-state index is -0.455. The smallest absolute Gasteiger partial charge is 0.399 e. The molecule has 0 saturated carbocycles. The molecule has 1 heterocycles. The van der Waals surface area contributed by atoms with Gasteiger partial charge in [-0.1, -0.05) is 66.7 Å². The summed E-state index contributed by atoms with van der Waals surface area (Å²) in [7, 11) is -0.455. The van der Waals surface area contributed by atoms with Gasteiger partial charge in [-0.15, -0.1) is 0 Å². The Morgan fingerprint density at radius 2 is 1.11 bits per heavy atom. The van der Waals surface area contributed by atoms with Crippen molar-refractivity contribution >= 4 is 18.3 Å². The molecule has 4 heteroatoms. The van der Waals surface area contributed by atoms with Crippen LogP contribution < -0.4 is 11.2 Å². The van der Waals surface area contributed by atoms with Gasteiger partial charge in [-0.05, 0) is 55.9 Å². The second-order valence-corrected chi connectivity index (χ2v) is 8.31. The van der Waals surface area contributed by atoms with Crippen molar-refractivity contribution in [1.82, 2.24) is 0 Å². The SMILES string of the molecule is CC1(C)OB(c2ccc(N)c(-c3ccccc3)c2-c2ccccc2)OC1(C)C. The molecule has 0 unspecified atom stereocenters. The van der Waals surface area contributed by atoms with E-state index in [0.29, 0.717) is 0 Å². The molecule has 0 radical (unpaired) electrons. The lowest BCUT2D eigenvalue weighted by atomic mass is 9.72. The molecule has 2 N–H and O–H groups in total. The number of nitrogen functional groups attached to an aromatic ring is 1. The topological polar surface area (TPSA) is 44.5 Å². The molecule has 0 amide bonds. The van der Waals surface area contributed by atoms with E-state index in [-0.39, 0.29) is 0 Å². The van der Waals surface area contributed by atoms with Gasteiger partial charge in [0.25, 0.3) is 0 Å². The fourth-order valence-corrected chi connectivity index (χ4v) is 3.63. The first-order valence-electron chi connectivity index (χ1n) is 9.69. The van der Waals surface area contributed by atoms with Crippen molar-refractivity contribution in [3.8, 4) is 22.3 Å². The number of hydrogen-bond acceptors (Lipinski definition) is 3. The van der Waals surface area contributed by atoms with E-state index in [1.165, 1.54) is 0 Å². The zero-order valence-electron chi connectivity index (χ0n) is 16.9. The van der Waals surface area contributed by atoms with E-state index in [1.807, 2.05) is 48.5 Å². The van der Waals surface area contributed by atoms with Crippen molar-refractivity contribution in [2.75, 3.05) is 5.73 Å². The van der Waals surface area contributed by atoms with E-state index in [4.69, 9.17) is 15.0 Å². The third kappa shape index (κ3) is 3.13. The lowest BCUT2D eigenvalue weighted by Crippen LogP contribution is -2.41. The number of hydrogen-bond donors (Lipinski definition) is 1. The van der Waals surface area contributed by atoms with E-state index in [1.54, 1.807) is 0 Å². The summed E-state index contributed by atoms with van der Waals surface area (Å²) in [5, 5.41) is 0. The highest BCUT2D eigenvalue weighted by Gasteiger charge is 2.52. The van der Waals surface area contributed by atoms with Gasteiger partial charge in [0.15, 0.2) is 0 Å². The summed E-state index contributed by atoms with van der Waals surface area (Å²) in [6.45, 7) is 8.30. The summed E-state index contributed by atoms with van der Waals surface area (Å²) >= 11 is 0. The standard InChI is InChI=1S/C24H26BNO2/c1-23(2)24(3,4)28-25(27-23)19-15-16-20(26)22(18-13-9-6-10-14-18)21(19)17-11-7-5-8-12-17/h5-16H,26H2,1-4H3. The Morgan fingerprint density at radius 1 is 0.643 bits per heavy atom. The first-order valence-corrected chi connectivity index (χ1v) is 9.69. The Bertz CT molecular complexity index is 968. The summed E-state index contributed by atoms with van der Waals surface area (Å²) < 4.78 is 12.8. The third-order valence-electron chi connectivity index (χ3n) is 5.90. The predicted octanol–water partition coefficient (Wildman–Crippen LogP) is 4.90. The summed E-state index contributed by atoms with van der Waals surface area (Å²) in [6.07, 6.45) is 0. The average Bonchev–Trinajstić information content (AvgIpc) is 2.90.